The van der Waals surface area contributed by atoms with Gasteiger partial charge in [0.2, 0.25) is 6.79 Å². The number of ether oxygens (including phenoxy) is 3. The summed E-state index contributed by atoms with van der Waals surface area (Å²) in [5.41, 5.74) is -0.579. The average Bonchev–Trinajstić information content (AvgIpc) is 2.84. The SMILES string of the molecule is CCOC(=O)C(=O)Nc1cc2c(cc1[N+](=O)[O-])OCO2. The normalized spacial score (nSPS) is 11.8. The maximum absolute atomic E-state index is 11.5. The Hall–Kier alpha value is -2.84. The number of fused-ring (bicyclic) bond motifs is 1. The fraction of sp³-hybridized carbons (Fsp3) is 0.273. The van der Waals surface area contributed by atoms with Crippen molar-refractivity contribution in [2.75, 3.05) is 18.7 Å². The van der Waals surface area contributed by atoms with E-state index in [9.17, 15) is 19.7 Å². The van der Waals surface area contributed by atoms with E-state index >= 15 is 0 Å². The second kappa shape index (κ2) is 5.43. The number of carbonyl (C=O) groups excluding carboxylic acids is 2. The van der Waals surface area contributed by atoms with Crippen LogP contribution in [0.2, 0.25) is 0 Å². The van der Waals surface area contributed by atoms with Crippen molar-refractivity contribution in [2.24, 2.45) is 0 Å². The number of nitro benzene ring substituents is 1. The van der Waals surface area contributed by atoms with Gasteiger partial charge < -0.3 is 19.5 Å². The number of anilines is 1. The third-order valence-corrected chi connectivity index (χ3v) is 2.40. The van der Waals surface area contributed by atoms with Gasteiger partial charge in [-0.25, -0.2) is 4.79 Å². The summed E-state index contributed by atoms with van der Waals surface area (Å²) in [6.07, 6.45) is 0. The van der Waals surface area contributed by atoms with Crippen LogP contribution in [0.4, 0.5) is 11.4 Å². The predicted octanol–water partition coefficient (Wildman–Crippen LogP) is 0.825. The first-order valence-corrected chi connectivity index (χ1v) is 5.59. The number of nitro groups is 1. The van der Waals surface area contributed by atoms with E-state index in [4.69, 9.17) is 9.47 Å². The molecule has 0 aromatic heterocycles. The van der Waals surface area contributed by atoms with E-state index in [1.54, 1.807) is 0 Å². The highest BCUT2D eigenvalue weighted by molar-refractivity contribution is 6.37. The van der Waals surface area contributed by atoms with Gasteiger partial charge in [-0.05, 0) is 6.92 Å². The van der Waals surface area contributed by atoms with Crippen molar-refractivity contribution in [3.8, 4) is 11.5 Å². The van der Waals surface area contributed by atoms with Crippen molar-refractivity contribution < 1.29 is 28.7 Å². The summed E-state index contributed by atoms with van der Waals surface area (Å²) in [5.74, 6) is -1.78. The van der Waals surface area contributed by atoms with Crippen LogP contribution in [0, 0.1) is 10.1 Å². The summed E-state index contributed by atoms with van der Waals surface area (Å²) in [5, 5.41) is 13.1. The van der Waals surface area contributed by atoms with Gasteiger partial charge in [0.05, 0.1) is 17.6 Å². The first-order chi connectivity index (χ1) is 9.52. The minimum atomic E-state index is -1.13. The largest absolute Gasteiger partial charge is 0.459 e. The van der Waals surface area contributed by atoms with Crippen molar-refractivity contribution in [2.45, 2.75) is 6.92 Å². The standard InChI is InChI=1S/C11H10N2O7/c1-2-18-11(15)10(14)12-6-3-8-9(20-5-19-8)4-7(6)13(16)17/h3-4H,2,5H2,1H3,(H,12,14). The summed E-state index contributed by atoms with van der Waals surface area (Å²) in [6.45, 7) is 1.49. The van der Waals surface area contributed by atoms with Crippen LogP contribution in [0.3, 0.4) is 0 Å². The third-order valence-electron chi connectivity index (χ3n) is 2.40. The van der Waals surface area contributed by atoms with Crippen molar-refractivity contribution in [1.82, 2.24) is 0 Å². The molecule has 0 aliphatic carbocycles. The van der Waals surface area contributed by atoms with Crippen LogP contribution in [-0.4, -0.2) is 30.2 Å². The van der Waals surface area contributed by atoms with Crippen LogP contribution in [-0.2, 0) is 14.3 Å². The molecule has 1 aliphatic rings. The Bertz CT molecular complexity index is 584. The first-order valence-electron chi connectivity index (χ1n) is 5.59. The first kappa shape index (κ1) is 13.6. The zero-order chi connectivity index (χ0) is 14.7. The molecule has 0 radical (unpaired) electrons. The van der Waals surface area contributed by atoms with E-state index in [0.29, 0.717) is 0 Å². The molecule has 106 valence electrons. The Morgan fingerprint density at radius 1 is 1.40 bits per heavy atom. The maximum atomic E-state index is 11.5. The summed E-state index contributed by atoms with van der Waals surface area (Å²) in [6, 6.07) is 2.33. The second-order valence-corrected chi connectivity index (χ2v) is 3.65. The van der Waals surface area contributed by atoms with Crippen molar-refractivity contribution in [1.29, 1.82) is 0 Å². The summed E-state index contributed by atoms with van der Waals surface area (Å²) in [7, 11) is 0. The highest BCUT2D eigenvalue weighted by atomic mass is 16.7. The van der Waals surface area contributed by atoms with Gasteiger partial charge in [0.25, 0.3) is 5.69 Å². The molecule has 0 atom stereocenters. The van der Waals surface area contributed by atoms with Gasteiger partial charge in [0.1, 0.15) is 5.69 Å². The molecule has 1 aliphatic heterocycles. The van der Waals surface area contributed by atoms with Crippen LogP contribution in [0.25, 0.3) is 0 Å². The smallest absolute Gasteiger partial charge is 0.397 e. The molecule has 0 spiro atoms. The van der Waals surface area contributed by atoms with Gasteiger partial charge in [-0.2, -0.15) is 0 Å². The number of hydrogen-bond donors (Lipinski definition) is 1. The number of hydrogen-bond acceptors (Lipinski definition) is 7. The average molecular weight is 282 g/mol. The molecule has 2 rings (SSSR count). The molecule has 9 heteroatoms. The lowest BCUT2D eigenvalue weighted by Gasteiger charge is -2.06. The minimum Gasteiger partial charge on any atom is -0.459 e. The molecule has 0 saturated carbocycles. The number of nitrogens with one attached hydrogen (secondary N) is 1. The molecule has 0 fully saturated rings. The fourth-order valence-corrected chi connectivity index (χ4v) is 1.55. The Morgan fingerprint density at radius 2 is 2.05 bits per heavy atom. The van der Waals surface area contributed by atoms with E-state index in [2.05, 4.69) is 10.1 Å². The highest BCUT2D eigenvalue weighted by Crippen LogP contribution is 2.40. The van der Waals surface area contributed by atoms with Crippen LogP contribution < -0.4 is 14.8 Å². The lowest BCUT2D eigenvalue weighted by atomic mass is 10.2. The van der Waals surface area contributed by atoms with Gasteiger partial charge >= 0.3 is 11.9 Å². The monoisotopic (exact) mass is 282 g/mol. The number of amides is 1. The number of benzene rings is 1. The van der Waals surface area contributed by atoms with Crippen molar-refractivity contribution >= 4 is 23.3 Å². The lowest BCUT2D eigenvalue weighted by molar-refractivity contribution is -0.384. The Morgan fingerprint density at radius 3 is 2.65 bits per heavy atom. The Balaban J connectivity index is 2.28. The minimum absolute atomic E-state index is 0.0233. The van der Waals surface area contributed by atoms with Crippen LogP contribution >= 0.6 is 0 Å². The lowest BCUT2D eigenvalue weighted by Crippen LogP contribution is -2.25. The molecule has 0 bridgehead atoms. The molecule has 9 nitrogen and oxygen atoms in total. The zero-order valence-corrected chi connectivity index (χ0v) is 10.4. The number of carbonyl (C=O) groups is 2. The van der Waals surface area contributed by atoms with Gasteiger partial charge in [-0.3, -0.25) is 14.9 Å². The van der Waals surface area contributed by atoms with Gasteiger partial charge in [-0.15, -0.1) is 0 Å². The van der Waals surface area contributed by atoms with Crippen molar-refractivity contribution in [3.63, 3.8) is 0 Å². The molecule has 0 saturated heterocycles. The van der Waals surface area contributed by atoms with Gasteiger partial charge in [-0.1, -0.05) is 0 Å². The van der Waals surface area contributed by atoms with E-state index in [1.165, 1.54) is 13.0 Å². The van der Waals surface area contributed by atoms with Gasteiger partial charge in [0.15, 0.2) is 11.5 Å². The van der Waals surface area contributed by atoms with Crippen LogP contribution in [0.1, 0.15) is 6.92 Å². The Labute approximate surface area is 112 Å². The summed E-state index contributed by atoms with van der Waals surface area (Å²) < 4.78 is 14.5. The van der Waals surface area contributed by atoms with E-state index in [1.807, 2.05) is 0 Å². The molecule has 20 heavy (non-hydrogen) atoms. The van der Waals surface area contributed by atoms with Crippen LogP contribution in [0.5, 0.6) is 11.5 Å². The molecular formula is C11H10N2O7. The molecule has 1 N–H and O–H groups in total. The van der Waals surface area contributed by atoms with Gasteiger partial charge in [0, 0.05) is 6.07 Å². The number of esters is 1. The predicted molar refractivity (Wildman–Crippen MR) is 64.5 cm³/mol. The van der Waals surface area contributed by atoms with E-state index < -0.39 is 22.5 Å². The molecule has 1 aromatic rings. The highest BCUT2D eigenvalue weighted by Gasteiger charge is 2.26. The number of rotatable bonds is 3. The maximum Gasteiger partial charge on any atom is 0.397 e. The third kappa shape index (κ3) is 2.60. The molecular weight excluding hydrogens is 272 g/mol. The van der Waals surface area contributed by atoms with Crippen molar-refractivity contribution in [3.05, 3.63) is 22.2 Å². The van der Waals surface area contributed by atoms with E-state index in [0.717, 1.165) is 6.07 Å². The summed E-state index contributed by atoms with van der Waals surface area (Å²) >= 11 is 0. The molecule has 1 heterocycles. The van der Waals surface area contributed by atoms with E-state index in [-0.39, 0.29) is 30.6 Å². The fourth-order valence-electron chi connectivity index (χ4n) is 1.55. The Kier molecular flexibility index (Phi) is 3.69. The molecule has 1 amide bonds. The molecule has 0 unspecified atom stereocenters. The number of nitrogens with zero attached hydrogens (tertiary/aromatic N) is 1. The second-order valence-electron chi connectivity index (χ2n) is 3.65. The van der Waals surface area contributed by atoms with Crippen LogP contribution in [0.15, 0.2) is 12.1 Å². The summed E-state index contributed by atoms with van der Waals surface area (Å²) in [4.78, 5) is 32.9. The molecule has 1 aromatic carbocycles. The quantitative estimate of drug-likeness (QED) is 0.377. The topological polar surface area (TPSA) is 117 Å². The zero-order valence-electron chi connectivity index (χ0n) is 10.4.